The summed E-state index contributed by atoms with van der Waals surface area (Å²) in [6.07, 6.45) is 0. The van der Waals surface area contributed by atoms with Crippen LogP contribution in [0.25, 0.3) is 0 Å². The average Bonchev–Trinajstić information content (AvgIpc) is 2.77. The average molecular weight is 385 g/mol. The maximum atomic E-state index is 12.5. The number of amides is 2. The number of urea groups is 1. The largest absolute Gasteiger partial charge is 0.497 e. The van der Waals surface area contributed by atoms with Gasteiger partial charge in [0.15, 0.2) is 11.5 Å². The summed E-state index contributed by atoms with van der Waals surface area (Å²) in [5.41, 5.74) is 2.11. The van der Waals surface area contributed by atoms with Crippen LogP contribution in [0.4, 0.5) is 10.5 Å². The molecule has 0 bridgehead atoms. The number of rotatable bonds is 6. The third-order valence-electron chi connectivity index (χ3n) is 4.90. The minimum atomic E-state index is -0.0391. The summed E-state index contributed by atoms with van der Waals surface area (Å²) in [4.78, 5) is 16.5. The summed E-state index contributed by atoms with van der Waals surface area (Å²) in [6, 6.07) is 13.5. The van der Waals surface area contributed by atoms with E-state index in [-0.39, 0.29) is 6.03 Å². The molecule has 2 amide bonds. The lowest BCUT2D eigenvalue weighted by atomic mass is 10.2. The second-order valence-corrected chi connectivity index (χ2v) is 6.52. The number of piperazine rings is 1. The third kappa shape index (κ3) is 4.60. The quantitative estimate of drug-likeness (QED) is 0.828. The van der Waals surface area contributed by atoms with E-state index in [2.05, 4.69) is 10.2 Å². The van der Waals surface area contributed by atoms with Gasteiger partial charge in [-0.2, -0.15) is 0 Å². The van der Waals surface area contributed by atoms with Crippen LogP contribution in [0.1, 0.15) is 5.56 Å². The van der Waals surface area contributed by atoms with Crippen LogP contribution in [0.5, 0.6) is 17.2 Å². The van der Waals surface area contributed by atoms with E-state index in [1.165, 1.54) is 0 Å². The van der Waals surface area contributed by atoms with Crippen LogP contribution >= 0.6 is 0 Å². The molecule has 7 heteroatoms. The van der Waals surface area contributed by atoms with Crippen LogP contribution < -0.4 is 24.4 Å². The molecule has 0 spiro atoms. The number of ether oxygens (including phenoxy) is 3. The van der Waals surface area contributed by atoms with Gasteiger partial charge in [-0.05, 0) is 29.8 Å². The molecule has 2 aromatic rings. The second-order valence-electron chi connectivity index (χ2n) is 6.52. The topological polar surface area (TPSA) is 63.3 Å². The molecule has 1 N–H and O–H groups in total. The Labute approximate surface area is 165 Å². The summed E-state index contributed by atoms with van der Waals surface area (Å²) in [5, 5.41) is 2.99. The van der Waals surface area contributed by atoms with Crippen molar-refractivity contribution in [3.05, 3.63) is 48.0 Å². The second kappa shape index (κ2) is 9.21. The van der Waals surface area contributed by atoms with E-state index in [0.29, 0.717) is 31.1 Å². The van der Waals surface area contributed by atoms with Gasteiger partial charge in [-0.15, -0.1) is 0 Å². The van der Waals surface area contributed by atoms with Crippen LogP contribution in [0.2, 0.25) is 0 Å². The van der Waals surface area contributed by atoms with Crippen molar-refractivity contribution < 1.29 is 19.0 Å². The molecular formula is C21H27N3O4. The van der Waals surface area contributed by atoms with Gasteiger partial charge < -0.3 is 29.3 Å². The first kappa shape index (κ1) is 19.7. The van der Waals surface area contributed by atoms with Crippen LogP contribution in [-0.4, -0.2) is 58.4 Å². The van der Waals surface area contributed by atoms with Gasteiger partial charge in [0.25, 0.3) is 0 Å². The molecule has 28 heavy (non-hydrogen) atoms. The van der Waals surface area contributed by atoms with Gasteiger partial charge in [-0.25, -0.2) is 4.79 Å². The zero-order valence-corrected chi connectivity index (χ0v) is 16.6. The number of nitrogens with one attached hydrogen (secondary N) is 1. The molecule has 0 radical (unpaired) electrons. The van der Waals surface area contributed by atoms with Crippen LogP contribution in [0, 0.1) is 0 Å². The van der Waals surface area contributed by atoms with Crippen LogP contribution in [0.3, 0.4) is 0 Å². The van der Waals surface area contributed by atoms with Crippen molar-refractivity contribution >= 4 is 11.7 Å². The van der Waals surface area contributed by atoms with Crippen molar-refractivity contribution in [3.8, 4) is 17.2 Å². The molecule has 3 rings (SSSR count). The van der Waals surface area contributed by atoms with Crippen molar-refractivity contribution in [2.24, 2.45) is 0 Å². The molecule has 0 atom stereocenters. The molecule has 1 fully saturated rings. The van der Waals surface area contributed by atoms with Gasteiger partial charge in [-0.1, -0.05) is 12.1 Å². The molecule has 0 unspecified atom stereocenters. The Balaban J connectivity index is 1.51. The minimum Gasteiger partial charge on any atom is -0.497 e. The highest BCUT2D eigenvalue weighted by atomic mass is 16.5. The first-order valence-electron chi connectivity index (χ1n) is 9.27. The number of carbonyl (C=O) groups is 1. The van der Waals surface area contributed by atoms with E-state index < -0.39 is 0 Å². The summed E-state index contributed by atoms with van der Waals surface area (Å²) < 4.78 is 15.8. The molecule has 1 heterocycles. The summed E-state index contributed by atoms with van der Waals surface area (Å²) in [5.74, 6) is 2.23. The third-order valence-corrected chi connectivity index (χ3v) is 4.90. The lowest BCUT2D eigenvalue weighted by Gasteiger charge is -2.36. The highest BCUT2D eigenvalue weighted by Crippen LogP contribution is 2.31. The smallest absolute Gasteiger partial charge is 0.317 e. The maximum absolute atomic E-state index is 12.5. The molecular weight excluding hydrogens is 358 g/mol. The first-order chi connectivity index (χ1) is 13.6. The Kier molecular flexibility index (Phi) is 6.47. The van der Waals surface area contributed by atoms with Crippen molar-refractivity contribution in [1.82, 2.24) is 10.2 Å². The van der Waals surface area contributed by atoms with Gasteiger partial charge in [0.1, 0.15) is 5.75 Å². The molecule has 0 saturated carbocycles. The van der Waals surface area contributed by atoms with Crippen LogP contribution in [0.15, 0.2) is 42.5 Å². The van der Waals surface area contributed by atoms with Gasteiger partial charge >= 0.3 is 6.03 Å². The fourth-order valence-electron chi connectivity index (χ4n) is 3.22. The molecule has 2 aromatic carbocycles. The molecule has 1 saturated heterocycles. The standard InChI is InChI=1S/C21H27N3O4/c1-26-18-7-4-16(5-8-18)15-22-21(25)24-12-10-23(11-13-24)17-6-9-19(27-2)20(14-17)28-3/h4-9,14H,10-13,15H2,1-3H3,(H,22,25). The van der Waals surface area contributed by atoms with Crippen molar-refractivity contribution in [2.45, 2.75) is 6.54 Å². The Hall–Kier alpha value is -3.09. The van der Waals surface area contributed by atoms with E-state index in [9.17, 15) is 4.79 Å². The maximum Gasteiger partial charge on any atom is 0.317 e. The monoisotopic (exact) mass is 385 g/mol. The fraction of sp³-hybridized carbons (Fsp3) is 0.381. The molecule has 0 aromatic heterocycles. The fourth-order valence-corrected chi connectivity index (χ4v) is 3.22. The van der Waals surface area contributed by atoms with E-state index in [0.717, 1.165) is 30.1 Å². The molecule has 150 valence electrons. The number of anilines is 1. The first-order valence-corrected chi connectivity index (χ1v) is 9.27. The highest BCUT2D eigenvalue weighted by molar-refractivity contribution is 5.74. The Morgan fingerprint density at radius 3 is 2.18 bits per heavy atom. The molecule has 7 nitrogen and oxygen atoms in total. The number of hydrogen-bond donors (Lipinski definition) is 1. The zero-order chi connectivity index (χ0) is 19.9. The van der Waals surface area contributed by atoms with E-state index in [4.69, 9.17) is 14.2 Å². The normalized spacial score (nSPS) is 13.8. The summed E-state index contributed by atoms with van der Waals surface area (Å²) in [7, 11) is 4.89. The number of nitrogens with zero attached hydrogens (tertiary/aromatic N) is 2. The molecule has 1 aliphatic rings. The van der Waals surface area contributed by atoms with Crippen molar-refractivity contribution in [1.29, 1.82) is 0 Å². The number of hydrogen-bond acceptors (Lipinski definition) is 5. The van der Waals surface area contributed by atoms with Gasteiger partial charge in [0.2, 0.25) is 0 Å². The number of benzene rings is 2. The minimum absolute atomic E-state index is 0.0391. The predicted molar refractivity (Wildman–Crippen MR) is 109 cm³/mol. The van der Waals surface area contributed by atoms with Crippen molar-refractivity contribution in [3.63, 3.8) is 0 Å². The Morgan fingerprint density at radius 1 is 0.893 bits per heavy atom. The lowest BCUT2D eigenvalue weighted by Crippen LogP contribution is -2.51. The molecule has 1 aliphatic heterocycles. The van der Waals surface area contributed by atoms with E-state index in [1.54, 1.807) is 21.3 Å². The Bertz CT molecular complexity index is 787. The van der Waals surface area contributed by atoms with E-state index >= 15 is 0 Å². The van der Waals surface area contributed by atoms with Gasteiger partial charge in [0, 0.05) is 44.5 Å². The number of carbonyl (C=O) groups excluding carboxylic acids is 1. The zero-order valence-electron chi connectivity index (χ0n) is 16.6. The van der Waals surface area contributed by atoms with E-state index in [1.807, 2.05) is 47.4 Å². The lowest BCUT2D eigenvalue weighted by molar-refractivity contribution is 0.194. The van der Waals surface area contributed by atoms with Crippen molar-refractivity contribution in [2.75, 3.05) is 52.4 Å². The summed E-state index contributed by atoms with van der Waals surface area (Å²) >= 11 is 0. The predicted octanol–water partition coefficient (Wildman–Crippen LogP) is 2.74. The SMILES string of the molecule is COc1ccc(CNC(=O)N2CCN(c3ccc(OC)c(OC)c3)CC2)cc1. The summed E-state index contributed by atoms with van der Waals surface area (Å²) in [6.45, 7) is 3.38. The Morgan fingerprint density at radius 2 is 1.57 bits per heavy atom. The van der Waals surface area contributed by atoms with Crippen LogP contribution in [-0.2, 0) is 6.54 Å². The van der Waals surface area contributed by atoms with Gasteiger partial charge in [-0.3, -0.25) is 0 Å². The van der Waals surface area contributed by atoms with Gasteiger partial charge in [0.05, 0.1) is 21.3 Å². The highest BCUT2D eigenvalue weighted by Gasteiger charge is 2.21. The number of methoxy groups -OCH3 is 3. The molecule has 0 aliphatic carbocycles.